The van der Waals surface area contributed by atoms with Gasteiger partial charge in [-0.15, -0.1) is 0 Å². The Morgan fingerprint density at radius 2 is 1.76 bits per heavy atom. The highest BCUT2D eigenvalue weighted by Gasteiger charge is 2.17. The van der Waals surface area contributed by atoms with Crippen LogP contribution in [0, 0.1) is 0 Å². The fourth-order valence-corrected chi connectivity index (χ4v) is 2.95. The van der Waals surface area contributed by atoms with E-state index < -0.39 is 0 Å². The molecule has 0 spiro atoms. The van der Waals surface area contributed by atoms with Crippen LogP contribution in [0.5, 0.6) is 0 Å². The van der Waals surface area contributed by atoms with Crippen molar-refractivity contribution in [3.63, 3.8) is 0 Å². The minimum absolute atomic E-state index is 0.549. The molecule has 1 unspecified atom stereocenters. The second kappa shape index (κ2) is 8.17. The van der Waals surface area contributed by atoms with Crippen LogP contribution in [0.3, 0.4) is 0 Å². The summed E-state index contributed by atoms with van der Waals surface area (Å²) in [6, 6.07) is 0.549. The fraction of sp³-hybridized carbons (Fsp3) is 0.750. The molecule has 1 saturated heterocycles. The third kappa shape index (κ3) is 4.30. The molecule has 2 rings (SSSR count). The first kappa shape index (κ1) is 16.0. The molecule has 5 heteroatoms. The summed E-state index contributed by atoms with van der Waals surface area (Å²) >= 11 is 0. The number of rotatable bonds is 7. The maximum absolute atomic E-state index is 4.43. The third-order valence-electron chi connectivity index (χ3n) is 4.22. The smallest absolute Gasteiger partial charge is 0.134 e. The van der Waals surface area contributed by atoms with Crippen molar-refractivity contribution in [2.24, 2.45) is 0 Å². The highest BCUT2D eigenvalue weighted by molar-refractivity contribution is 5.57. The van der Waals surface area contributed by atoms with Crippen LogP contribution in [-0.2, 0) is 6.42 Å². The Morgan fingerprint density at radius 1 is 1.10 bits per heavy atom. The molecule has 0 bridgehead atoms. The molecule has 1 aromatic heterocycles. The highest BCUT2D eigenvalue weighted by Crippen LogP contribution is 2.20. The monoisotopic (exact) mass is 291 g/mol. The van der Waals surface area contributed by atoms with Gasteiger partial charge in [0.2, 0.25) is 0 Å². The first-order valence-corrected chi connectivity index (χ1v) is 8.31. The molecule has 0 radical (unpaired) electrons. The first-order valence-electron chi connectivity index (χ1n) is 8.31. The first-order chi connectivity index (χ1) is 10.3. The molecule has 0 aliphatic carbocycles. The number of hydrogen-bond acceptors (Lipinski definition) is 5. The van der Waals surface area contributed by atoms with Gasteiger partial charge < -0.3 is 10.6 Å². The average molecular weight is 291 g/mol. The van der Waals surface area contributed by atoms with E-state index in [1.54, 1.807) is 6.33 Å². The third-order valence-corrected chi connectivity index (χ3v) is 4.22. The minimum Gasteiger partial charge on any atom is -0.370 e. The Bertz CT molecular complexity index is 429. The van der Waals surface area contributed by atoms with Crippen LogP contribution < -0.4 is 10.6 Å². The summed E-state index contributed by atoms with van der Waals surface area (Å²) in [5.74, 6) is 1.94. The van der Waals surface area contributed by atoms with Gasteiger partial charge in [0.1, 0.15) is 18.0 Å². The molecular weight excluding hydrogens is 262 g/mol. The molecule has 0 saturated carbocycles. The van der Waals surface area contributed by atoms with Crippen LogP contribution >= 0.6 is 0 Å². The molecule has 1 atom stereocenters. The summed E-state index contributed by atoms with van der Waals surface area (Å²) in [7, 11) is 0. The highest BCUT2D eigenvalue weighted by atomic mass is 15.2. The quantitative estimate of drug-likeness (QED) is 0.809. The predicted octanol–water partition coefficient (Wildman–Crippen LogP) is 2.76. The molecule has 1 aromatic rings. The minimum atomic E-state index is 0.549. The Hall–Kier alpha value is -1.36. The number of nitrogens with one attached hydrogen (secondary N) is 2. The van der Waals surface area contributed by atoms with Gasteiger partial charge in [-0.1, -0.05) is 13.3 Å². The zero-order valence-corrected chi connectivity index (χ0v) is 13.7. The van der Waals surface area contributed by atoms with E-state index in [9.17, 15) is 0 Å². The van der Waals surface area contributed by atoms with Gasteiger partial charge in [-0.25, -0.2) is 9.97 Å². The van der Waals surface area contributed by atoms with Crippen molar-refractivity contribution >= 4 is 11.6 Å². The maximum atomic E-state index is 4.43. The molecule has 0 aromatic carbocycles. The normalized spacial score (nSPS) is 17.5. The lowest BCUT2D eigenvalue weighted by atomic mass is 10.1. The Morgan fingerprint density at radius 3 is 2.38 bits per heavy atom. The zero-order valence-electron chi connectivity index (χ0n) is 13.7. The van der Waals surface area contributed by atoms with Gasteiger partial charge in [0.25, 0.3) is 0 Å². The van der Waals surface area contributed by atoms with Crippen LogP contribution in [0.1, 0.15) is 45.6 Å². The van der Waals surface area contributed by atoms with E-state index in [1.807, 2.05) is 0 Å². The summed E-state index contributed by atoms with van der Waals surface area (Å²) < 4.78 is 0. The van der Waals surface area contributed by atoms with Crippen molar-refractivity contribution in [3.05, 3.63) is 11.9 Å². The van der Waals surface area contributed by atoms with Gasteiger partial charge in [-0.05, 0) is 46.2 Å². The summed E-state index contributed by atoms with van der Waals surface area (Å²) in [5, 5.41) is 6.84. The van der Waals surface area contributed by atoms with E-state index in [1.165, 1.54) is 37.9 Å². The standard InChI is InChI=1S/C16H29N5/c1-4-14-15(17-5-2)19-12-20-16(14)18-11-13(3)21-9-7-6-8-10-21/h12-13H,4-11H2,1-3H3,(H2,17,18,19,20). The van der Waals surface area contributed by atoms with Gasteiger partial charge in [0.05, 0.1) is 0 Å². The molecule has 118 valence electrons. The van der Waals surface area contributed by atoms with Crippen molar-refractivity contribution in [2.45, 2.75) is 52.5 Å². The van der Waals surface area contributed by atoms with Crippen molar-refractivity contribution < 1.29 is 0 Å². The second-order valence-corrected chi connectivity index (χ2v) is 5.76. The summed E-state index contributed by atoms with van der Waals surface area (Å²) in [4.78, 5) is 11.4. The second-order valence-electron chi connectivity index (χ2n) is 5.76. The predicted molar refractivity (Wildman–Crippen MR) is 88.9 cm³/mol. The summed E-state index contributed by atoms with van der Waals surface area (Å²) in [6.07, 6.45) is 6.63. The number of aromatic nitrogens is 2. The van der Waals surface area contributed by atoms with Crippen molar-refractivity contribution in [3.8, 4) is 0 Å². The number of hydrogen-bond donors (Lipinski definition) is 2. The Balaban J connectivity index is 1.97. The Kier molecular flexibility index (Phi) is 6.23. The number of piperidine rings is 1. The van der Waals surface area contributed by atoms with Crippen molar-refractivity contribution in [1.82, 2.24) is 14.9 Å². The Labute approximate surface area is 128 Å². The van der Waals surface area contributed by atoms with E-state index in [2.05, 4.69) is 46.3 Å². The van der Waals surface area contributed by atoms with E-state index >= 15 is 0 Å². The zero-order chi connectivity index (χ0) is 15.1. The van der Waals surface area contributed by atoms with Crippen LogP contribution in [0.25, 0.3) is 0 Å². The molecule has 0 amide bonds. The van der Waals surface area contributed by atoms with Crippen molar-refractivity contribution in [2.75, 3.05) is 36.8 Å². The maximum Gasteiger partial charge on any atom is 0.134 e. The van der Waals surface area contributed by atoms with E-state index in [4.69, 9.17) is 0 Å². The largest absolute Gasteiger partial charge is 0.370 e. The van der Waals surface area contributed by atoms with Gasteiger partial charge in [0, 0.05) is 24.7 Å². The van der Waals surface area contributed by atoms with Crippen LogP contribution in [0.2, 0.25) is 0 Å². The van der Waals surface area contributed by atoms with Crippen LogP contribution in [-0.4, -0.2) is 47.1 Å². The van der Waals surface area contributed by atoms with Crippen LogP contribution in [0.15, 0.2) is 6.33 Å². The lowest BCUT2D eigenvalue weighted by Crippen LogP contribution is -2.41. The van der Waals surface area contributed by atoms with Gasteiger partial charge in [0.15, 0.2) is 0 Å². The van der Waals surface area contributed by atoms with E-state index in [-0.39, 0.29) is 0 Å². The average Bonchev–Trinajstić information content (AvgIpc) is 2.54. The molecule has 2 heterocycles. The van der Waals surface area contributed by atoms with Gasteiger partial charge >= 0.3 is 0 Å². The molecule has 1 aliphatic rings. The van der Waals surface area contributed by atoms with E-state index in [0.717, 1.165) is 31.1 Å². The number of nitrogens with zero attached hydrogens (tertiary/aromatic N) is 3. The van der Waals surface area contributed by atoms with Gasteiger partial charge in [-0.3, -0.25) is 4.90 Å². The SMILES string of the molecule is CCNc1ncnc(NCC(C)N2CCCCC2)c1CC. The number of likely N-dealkylation sites (tertiary alicyclic amines) is 1. The lowest BCUT2D eigenvalue weighted by molar-refractivity contribution is 0.180. The van der Waals surface area contributed by atoms with Crippen LogP contribution in [0.4, 0.5) is 11.6 Å². The summed E-state index contributed by atoms with van der Waals surface area (Å²) in [6.45, 7) is 10.8. The molecular formula is C16H29N5. The molecule has 1 aliphatic heterocycles. The lowest BCUT2D eigenvalue weighted by Gasteiger charge is -2.32. The molecule has 5 nitrogen and oxygen atoms in total. The fourth-order valence-electron chi connectivity index (χ4n) is 2.95. The summed E-state index contributed by atoms with van der Waals surface area (Å²) in [5.41, 5.74) is 1.19. The molecule has 2 N–H and O–H groups in total. The van der Waals surface area contributed by atoms with Crippen molar-refractivity contribution in [1.29, 1.82) is 0 Å². The molecule has 1 fully saturated rings. The number of anilines is 2. The van der Waals surface area contributed by atoms with Gasteiger partial charge in [-0.2, -0.15) is 0 Å². The van der Waals surface area contributed by atoms with E-state index in [0.29, 0.717) is 6.04 Å². The molecule has 21 heavy (non-hydrogen) atoms. The topological polar surface area (TPSA) is 53.1 Å².